The molecule has 2 saturated heterocycles. The van der Waals surface area contributed by atoms with Crippen LogP contribution in [0.25, 0.3) is 6.08 Å². The number of halogens is 2. The molecule has 0 spiro atoms. The van der Waals surface area contributed by atoms with Crippen LogP contribution in [0.2, 0.25) is 10.0 Å². The van der Waals surface area contributed by atoms with Gasteiger partial charge in [-0.25, -0.2) is 4.79 Å². The summed E-state index contributed by atoms with van der Waals surface area (Å²) < 4.78 is 0. The van der Waals surface area contributed by atoms with Gasteiger partial charge in [0.15, 0.2) is 0 Å². The zero-order valence-electron chi connectivity index (χ0n) is 20.1. The van der Waals surface area contributed by atoms with Crippen LogP contribution in [0.5, 0.6) is 0 Å². The fraction of sp³-hybridized carbons (Fsp3) is 0.346. The summed E-state index contributed by atoms with van der Waals surface area (Å²) in [6.07, 6.45) is 4.37. The number of hydrogen-bond donors (Lipinski definition) is 2. The van der Waals surface area contributed by atoms with E-state index in [1.54, 1.807) is 11.0 Å². The summed E-state index contributed by atoms with van der Waals surface area (Å²) in [6.45, 7) is 3.08. The molecule has 3 N–H and O–H groups in total. The molecular formula is C26H28Cl2N4O4S. The number of amides is 3. The number of hydrogen-bond acceptors (Lipinski definition) is 5. The van der Waals surface area contributed by atoms with E-state index in [1.807, 2.05) is 30.3 Å². The van der Waals surface area contributed by atoms with Gasteiger partial charge in [-0.2, -0.15) is 0 Å². The molecule has 0 atom stereocenters. The van der Waals surface area contributed by atoms with Gasteiger partial charge < -0.3 is 25.5 Å². The average Bonchev–Trinajstić information content (AvgIpc) is 2.91. The second kappa shape index (κ2) is 12.1. The Morgan fingerprint density at radius 1 is 0.946 bits per heavy atom. The van der Waals surface area contributed by atoms with E-state index in [1.165, 1.54) is 22.7 Å². The summed E-state index contributed by atoms with van der Waals surface area (Å²) >= 11 is 14.6. The quantitative estimate of drug-likeness (QED) is 0.495. The number of carboxylic acid groups (broad SMARTS) is 1. The minimum Gasteiger partial charge on any atom is -0.481 e. The summed E-state index contributed by atoms with van der Waals surface area (Å²) in [5.41, 5.74) is 6.97. The van der Waals surface area contributed by atoms with Crippen molar-refractivity contribution in [3.8, 4) is 0 Å². The predicted molar refractivity (Wildman–Crippen MR) is 146 cm³/mol. The van der Waals surface area contributed by atoms with Gasteiger partial charge in [-0.05, 0) is 48.7 Å². The van der Waals surface area contributed by atoms with Crippen LogP contribution in [-0.4, -0.2) is 72.1 Å². The first-order chi connectivity index (χ1) is 17.7. The molecule has 2 fully saturated rings. The highest BCUT2D eigenvalue weighted by Crippen LogP contribution is 2.40. The molecule has 2 aromatic carbocycles. The number of aliphatic carboxylic acids is 1. The Labute approximate surface area is 230 Å². The Morgan fingerprint density at radius 3 is 2.27 bits per heavy atom. The highest BCUT2D eigenvalue weighted by molar-refractivity contribution is 7.99. The molecule has 3 amide bonds. The molecular weight excluding hydrogens is 535 g/mol. The number of rotatable bonds is 6. The lowest BCUT2D eigenvalue weighted by Crippen LogP contribution is -2.51. The van der Waals surface area contributed by atoms with Crippen molar-refractivity contribution in [3.63, 3.8) is 0 Å². The smallest absolute Gasteiger partial charge is 0.314 e. The third-order valence-electron chi connectivity index (χ3n) is 6.64. The molecule has 0 saturated carbocycles. The normalized spacial score (nSPS) is 16.9. The molecule has 0 unspecified atom stereocenters. The van der Waals surface area contributed by atoms with Crippen LogP contribution in [0.3, 0.4) is 0 Å². The minimum absolute atomic E-state index is 0.168. The molecule has 0 aromatic heterocycles. The highest BCUT2D eigenvalue weighted by atomic mass is 35.5. The number of carbonyl (C=O) groups is 3. The Bertz CT molecular complexity index is 1210. The third-order valence-corrected chi connectivity index (χ3v) is 8.70. The maximum Gasteiger partial charge on any atom is 0.314 e. The lowest BCUT2D eigenvalue weighted by molar-refractivity contribution is -0.142. The van der Waals surface area contributed by atoms with Gasteiger partial charge in [-0.1, -0.05) is 47.1 Å². The van der Waals surface area contributed by atoms with Crippen molar-refractivity contribution in [2.45, 2.75) is 22.6 Å². The first kappa shape index (κ1) is 27.2. The number of nitrogens with two attached hydrogens (primary N) is 1. The second-order valence-electron chi connectivity index (χ2n) is 8.96. The van der Waals surface area contributed by atoms with Gasteiger partial charge in [0.25, 0.3) is 0 Å². The van der Waals surface area contributed by atoms with Gasteiger partial charge in [-0.3, -0.25) is 9.59 Å². The van der Waals surface area contributed by atoms with E-state index in [-0.39, 0.29) is 11.8 Å². The van der Waals surface area contributed by atoms with Crippen LogP contribution in [-0.2, 0) is 9.59 Å². The SMILES string of the molecule is NC(=O)N1CCN(C(=O)/C=C/c2ccc(Sc3cccc(N4CCC(C(=O)O)CC4)c3)c(Cl)c2Cl)CC1. The van der Waals surface area contributed by atoms with Crippen molar-refractivity contribution >= 4 is 64.6 Å². The van der Waals surface area contributed by atoms with E-state index >= 15 is 0 Å². The highest BCUT2D eigenvalue weighted by Gasteiger charge is 2.25. The number of piperazine rings is 1. The van der Waals surface area contributed by atoms with E-state index in [9.17, 15) is 19.5 Å². The largest absolute Gasteiger partial charge is 0.481 e. The van der Waals surface area contributed by atoms with Gasteiger partial charge >= 0.3 is 12.0 Å². The zero-order valence-corrected chi connectivity index (χ0v) is 22.4. The van der Waals surface area contributed by atoms with Gasteiger partial charge in [0, 0.05) is 60.8 Å². The van der Waals surface area contributed by atoms with Gasteiger partial charge in [0.2, 0.25) is 5.91 Å². The Hall–Kier alpha value is -2.88. The van der Waals surface area contributed by atoms with Crippen LogP contribution in [0.4, 0.5) is 10.5 Å². The second-order valence-corrected chi connectivity index (χ2v) is 10.8. The molecule has 2 heterocycles. The molecule has 8 nitrogen and oxygen atoms in total. The zero-order chi connectivity index (χ0) is 26.5. The summed E-state index contributed by atoms with van der Waals surface area (Å²) in [7, 11) is 0. The Morgan fingerprint density at radius 2 is 1.62 bits per heavy atom. The predicted octanol–water partition coefficient (Wildman–Crippen LogP) is 4.68. The van der Waals surface area contributed by atoms with E-state index in [0.29, 0.717) is 67.7 Å². The first-order valence-corrected chi connectivity index (χ1v) is 13.5. The molecule has 11 heteroatoms. The van der Waals surface area contributed by atoms with Crippen LogP contribution >= 0.6 is 35.0 Å². The van der Waals surface area contributed by atoms with Crippen LogP contribution in [0.15, 0.2) is 52.3 Å². The minimum atomic E-state index is -0.721. The maximum absolute atomic E-state index is 12.6. The lowest BCUT2D eigenvalue weighted by atomic mass is 9.97. The number of benzene rings is 2. The molecule has 2 aliphatic rings. The van der Waals surface area contributed by atoms with Crippen molar-refractivity contribution in [3.05, 3.63) is 58.1 Å². The number of primary amides is 1. The molecule has 2 aromatic rings. The fourth-order valence-corrected chi connectivity index (χ4v) is 5.90. The maximum atomic E-state index is 12.6. The number of nitrogens with zero attached hydrogens (tertiary/aromatic N) is 3. The number of carboxylic acids is 1. The molecule has 0 radical (unpaired) electrons. The fourth-order valence-electron chi connectivity index (χ4n) is 4.42. The molecule has 4 rings (SSSR count). The van der Waals surface area contributed by atoms with Crippen molar-refractivity contribution < 1.29 is 19.5 Å². The van der Waals surface area contributed by atoms with E-state index in [2.05, 4.69) is 11.0 Å². The van der Waals surface area contributed by atoms with Crippen molar-refractivity contribution in [1.82, 2.24) is 9.80 Å². The van der Waals surface area contributed by atoms with Crippen LogP contribution < -0.4 is 10.6 Å². The number of piperidine rings is 1. The summed E-state index contributed by atoms with van der Waals surface area (Å²) in [6, 6.07) is 11.3. The number of urea groups is 1. The van der Waals surface area contributed by atoms with E-state index in [0.717, 1.165) is 15.5 Å². The number of carbonyl (C=O) groups excluding carboxylic acids is 2. The van der Waals surface area contributed by atoms with Crippen LogP contribution in [0, 0.1) is 5.92 Å². The molecule has 196 valence electrons. The monoisotopic (exact) mass is 562 g/mol. The van der Waals surface area contributed by atoms with E-state index < -0.39 is 12.0 Å². The lowest BCUT2D eigenvalue weighted by Gasteiger charge is -2.33. The van der Waals surface area contributed by atoms with Crippen molar-refractivity contribution in [1.29, 1.82) is 0 Å². The van der Waals surface area contributed by atoms with Gasteiger partial charge in [0.1, 0.15) is 0 Å². The summed E-state index contributed by atoms with van der Waals surface area (Å²) in [5.74, 6) is -1.16. The van der Waals surface area contributed by atoms with Crippen molar-refractivity contribution in [2.75, 3.05) is 44.2 Å². The van der Waals surface area contributed by atoms with Gasteiger partial charge in [0.05, 0.1) is 16.0 Å². The topological polar surface area (TPSA) is 107 Å². The van der Waals surface area contributed by atoms with Crippen LogP contribution in [0.1, 0.15) is 18.4 Å². The van der Waals surface area contributed by atoms with E-state index in [4.69, 9.17) is 28.9 Å². The third kappa shape index (κ3) is 6.71. The Balaban J connectivity index is 1.39. The van der Waals surface area contributed by atoms with Crippen molar-refractivity contribution in [2.24, 2.45) is 11.7 Å². The molecule has 0 aliphatic carbocycles. The summed E-state index contributed by atoms with van der Waals surface area (Å²) in [4.78, 5) is 42.2. The average molecular weight is 564 g/mol. The molecule has 0 bridgehead atoms. The van der Waals surface area contributed by atoms with Gasteiger partial charge in [-0.15, -0.1) is 0 Å². The molecule has 2 aliphatic heterocycles. The number of anilines is 1. The standard InChI is InChI=1S/C26H28Cl2N4O4S/c27-23-17(5-7-22(33)31-12-14-32(15-13-31)26(29)36)4-6-21(24(23)28)37-20-3-1-2-19(16-20)30-10-8-18(9-11-30)25(34)35/h1-7,16,18H,8-15H2,(H2,29,36)(H,34,35)/b7-5+. The Kier molecular flexibility index (Phi) is 8.89. The summed E-state index contributed by atoms with van der Waals surface area (Å²) in [5, 5.41) is 10.0. The first-order valence-electron chi connectivity index (χ1n) is 12.0. The molecule has 37 heavy (non-hydrogen) atoms.